The fourth-order valence-corrected chi connectivity index (χ4v) is 2.88. The molecule has 2 aromatic carbocycles. The van der Waals surface area contributed by atoms with Crippen LogP contribution in [0.15, 0.2) is 36.4 Å². The van der Waals surface area contributed by atoms with Crippen LogP contribution in [0.1, 0.15) is 21.7 Å². The summed E-state index contributed by atoms with van der Waals surface area (Å²) in [6.45, 7) is 1.03. The highest BCUT2D eigenvalue weighted by molar-refractivity contribution is 6.09. The predicted octanol–water partition coefficient (Wildman–Crippen LogP) is 2.59. The number of aromatic nitrogens is 2. The second-order valence-electron chi connectivity index (χ2n) is 5.46. The Morgan fingerprint density at radius 2 is 2.04 bits per heavy atom. The Labute approximate surface area is 132 Å². The van der Waals surface area contributed by atoms with Crippen molar-refractivity contribution in [3.63, 3.8) is 0 Å². The van der Waals surface area contributed by atoms with Gasteiger partial charge in [-0.25, -0.2) is 0 Å². The highest BCUT2D eigenvalue weighted by Crippen LogP contribution is 2.30. The first-order chi connectivity index (χ1) is 11.2. The fourth-order valence-electron chi connectivity index (χ4n) is 2.88. The van der Waals surface area contributed by atoms with Crippen molar-refractivity contribution in [3.8, 4) is 5.75 Å². The lowest BCUT2D eigenvalue weighted by Crippen LogP contribution is -2.17. The number of nitrogens with zero attached hydrogens (tertiary/aromatic N) is 1. The summed E-state index contributed by atoms with van der Waals surface area (Å²) in [6, 6.07) is 10.6. The SMILES string of the molecule is O=C(Nc1cccc2c(O)cccc12)c1n[nH]c2c1COCC2. The molecule has 0 aliphatic carbocycles. The average Bonchev–Trinajstić information content (AvgIpc) is 3.00. The van der Waals surface area contributed by atoms with Crippen molar-refractivity contribution < 1.29 is 14.6 Å². The molecule has 3 N–H and O–H groups in total. The zero-order valence-corrected chi connectivity index (χ0v) is 12.3. The van der Waals surface area contributed by atoms with Gasteiger partial charge in [0.05, 0.1) is 13.2 Å². The molecular formula is C17H15N3O3. The Balaban J connectivity index is 1.70. The molecule has 116 valence electrons. The summed E-state index contributed by atoms with van der Waals surface area (Å²) in [7, 11) is 0. The van der Waals surface area contributed by atoms with Crippen LogP contribution in [0.25, 0.3) is 10.8 Å². The minimum absolute atomic E-state index is 0.184. The van der Waals surface area contributed by atoms with Crippen molar-refractivity contribution in [3.05, 3.63) is 53.3 Å². The number of carbonyl (C=O) groups excluding carboxylic acids is 1. The van der Waals surface area contributed by atoms with E-state index in [4.69, 9.17) is 4.74 Å². The maximum Gasteiger partial charge on any atom is 0.276 e. The zero-order valence-electron chi connectivity index (χ0n) is 12.3. The quantitative estimate of drug-likeness (QED) is 0.679. The molecule has 1 aromatic heterocycles. The maximum atomic E-state index is 12.6. The molecular weight excluding hydrogens is 294 g/mol. The summed E-state index contributed by atoms with van der Waals surface area (Å²) in [5.41, 5.74) is 2.77. The number of ether oxygens (including phenoxy) is 1. The minimum Gasteiger partial charge on any atom is -0.507 e. The number of aromatic amines is 1. The number of anilines is 1. The molecule has 1 amide bonds. The van der Waals surface area contributed by atoms with E-state index in [0.717, 1.165) is 23.1 Å². The highest BCUT2D eigenvalue weighted by Gasteiger charge is 2.22. The molecule has 23 heavy (non-hydrogen) atoms. The smallest absolute Gasteiger partial charge is 0.276 e. The van der Waals surface area contributed by atoms with Crippen LogP contribution in [-0.2, 0) is 17.8 Å². The van der Waals surface area contributed by atoms with Gasteiger partial charge in [0, 0.05) is 34.1 Å². The van der Waals surface area contributed by atoms with Gasteiger partial charge in [-0.3, -0.25) is 9.89 Å². The zero-order chi connectivity index (χ0) is 15.8. The van der Waals surface area contributed by atoms with E-state index < -0.39 is 0 Å². The van der Waals surface area contributed by atoms with Gasteiger partial charge in [0.1, 0.15) is 5.75 Å². The molecule has 0 bridgehead atoms. The summed E-state index contributed by atoms with van der Waals surface area (Å²) in [4.78, 5) is 12.6. The van der Waals surface area contributed by atoms with E-state index in [1.807, 2.05) is 12.1 Å². The number of phenols is 1. The third kappa shape index (κ3) is 2.33. The molecule has 2 heterocycles. The number of hydrogen-bond acceptors (Lipinski definition) is 4. The third-order valence-corrected chi connectivity index (χ3v) is 4.06. The van der Waals surface area contributed by atoms with Crippen molar-refractivity contribution in [2.75, 3.05) is 11.9 Å². The lowest BCUT2D eigenvalue weighted by molar-refractivity contribution is 0.0985. The number of amides is 1. The predicted molar refractivity (Wildman–Crippen MR) is 85.5 cm³/mol. The molecule has 0 saturated heterocycles. The van der Waals surface area contributed by atoms with Gasteiger partial charge in [-0.1, -0.05) is 24.3 Å². The molecule has 6 nitrogen and oxygen atoms in total. The normalized spacial score (nSPS) is 13.7. The van der Waals surface area contributed by atoms with E-state index >= 15 is 0 Å². The summed E-state index contributed by atoms with van der Waals surface area (Å²) in [6.07, 6.45) is 0.734. The standard InChI is InChI=1S/C17H15N3O3/c21-15-6-2-3-10-11(15)4-1-5-13(10)18-17(22)16-12-9-23-8-7-14(12)19-20-16/h1-6,21H,7-9H2,(H,18,22)(H,19,20). The number of carbonyl (C=O) groups is 1. The summed E-state index contributed by atoms with van der Waals surface area (Å²) >= 11 is 0. The Hall–Kier alpha value is -2.86. The average molecular weight is 309 g/mol. The Morgan fingerprint density at radius 3 is 2.96 bits per heavy atom. The van der Waals surface area contributed by atoms with Crippen LogP contribution >= 0.6 is 0 Å². The van der Waals surface area contributed by atoms with Crippen LogP contribution in [0.3, 0.4) is 0 Å². The molecule has 0 radical (unpaired) electrons. The van der Waals surface area contributed by atoms with E-state index in [1.54, 1.807) is 24.3 Å². The summed E-state index contributed by atoms with van der Waals surface area (Å²) < 4.78 is 5.41. The van der Waals surface area contributed by atoms with Gasteiger partial charge in [-0.05, 0) is 12.1 Å². The number of H-pyrrole nitrogens is 1. The number of rotatable bonds is 2. The second kappa shape index (κ2) is 5.40. The summed E-state index contributed by atoms with van der Waals surface area (Å²) in [5.74, 6) is -0.104. The molecule has 0 atom stereocenters. The first-order valence-electron chi connectivity index (χ1n) is 7.40. The third-order valence-electron chi connectivity index (χ3n) is 4.06. The van der Waals surface area contributed by atoms with Crippen LogP contribution in [0.5, 0.6) is 5.75 Å². The van der Waals surface area contributed by atoms with Gasteiger partial charge >= 0.3 is 0 Å². The van der Waals surface area contributed by atoms with Crippen LogP contribution in [0, 0.1) is 0 Å². The van der Waals surface area contributed by atoms with Gasteiger partial charge in [0.15, 0.2) is 5.69 Å². The van der Waals surface area contributed by atoms with Crippen molar-refractivity contribution in [2.24, 2.45) is 0 Å². The highest BCUT2D eigenvalue weighted by atomic mass is 16.5. The van der Waals surface area contributed by atoms with Gasteiger partial charge in [0.2, 0.25) is 0 Å². The Bertz CT molecular complexity index is 901. The largest absolute Gasteiger partial charge is 0.507 e. The molecule has 0 spiro atoms. The van der Waals surface area contributed by atoms with Gasteiger partial charge in [0.25, 0.3) is 5.91 Å². The number of phenolic OH excluding ortho intramolecular Hbond substituents is 1. The maximum absolute atomic E-state index is 12.6. The molecule has 4 rings (SSSR count). The van der Waals surface area contributed by atoms with E-state index in [-0.39, 0.29) is 11.7 Å². The van der Waals surface area contributed by atoms with Crippen molar-refractivity contribution >= 4 is 22.4 Å². The molecule has 0 fully saturated rings. The van der Waals surface area contributed by atoms with Crippen molar-refractivity contribution in [2.45, 2.75) is 13.0 Å². The Kier molecular flexibility index (Phi) is 3.24. The van der Waals surface area contributed by atoms with Crippen LogP contribution in [-0.4, -0.2) is 27.8 Å². The molecule has 0 saturated carbocycles. The lowest BCUT2D eigenvalue weighted by Gasteiger charge is -2.13. The van der Waals surface area contributed by atoms with Crippen LogP contribution in [0.2, 0.25) is 0 Å². The molecule has 1 aliphatic rings. The molecule has 3 aromatic rings. The van der Waals surface area contributed by atoms with Gasteiger partial charge in [-0.2, -0.15) is 5.10 Å². The van der Waals surface area contributed by atoms with Gasteiger partial charge in [-0.15, -0.1) is 0 Å². The number of benzene rings is 2. The van der Waals surface area contributed by atoms with E-state index in [1.165, 1.54) is 0 Å². The van der Waals surface area contributed by atoms with E-state index in [9.17, 15) is 9.90 Å². The summed E-state index contributed by atoms with van der Waals surface area (Å²) in [5, 5.41) is 21.3. The lowest BCUT2D eigenvalue weighted by atomic mass is 10.1. The van der Waals surface area contributed by atoms with Gasteiger partial charge < -0.3 is 15.2 Å². The number of hydrogen-bond donors (Lipinski definition) is 3. The molecule has 0 unspecified atom stereocenters. The van der Waals surface area contributed by atoms with Crippen molar-refractivity contribution in [1.82, 2.24) is 10.2 Å². The second-order valence-corrected chi connectivity index (χ2v) is 5.46. The topological polar surface area (TPSA) is 87.2 Å². The van der Waals surface area contributed by atoms with Crippen LogP contribution < -0.4 is 5.32 Å². The van der Waals surface area contributed by atoms with Crippen LogP contribution in [0.4, 0.5) is 5.69 Å². The van der Waals surface area contributed by atoms with Crippen molar-refractivity contribution in [1.29, 1.82) is 0 Å². The minimum atomic E-state index is -0.288. The monoisotopic (exact) mass is 309 g/mol. The number of nitrogens with one attached hydrogen (secondary N) is 2. The fraction of sp³-hybridized carbons (Fsp3) is 0.176. The number of aromatic hydroxyl groups is 1. The Morgan fingerprint density at radius 1 is 1.22 bits per heavy atom. The molecule has 6 heteroatoms. The van der Waals surface area contributed by atoms with E-state index in [2.05, 4.69) is 15.5 Å². The first kappa shape index (κ1) is 13.8. The number of fused-ring (bicyclic) bond motifs is 2. The first-order valence-corrected chi connectivity index (χ1v) is 7.40. The van der Waals surface area contributed by atoms with E-state index in [0.29, 0.717) is 30.0 Å². The molecule has 1 aliphatic heterocycles.